The van der Waals surface area contributed by atoms with Crippen molar-refractivity contribution < 1.29 is 33.5 Å². The number of nitro benzene ring substituents is 1. The van der Waals surface area contributed by atoms with Crippen molar-refractivity contribution >= 4 is 63.5 Å². The predicted octanol–water partition coefficient (Wildman–Crippen LogP) is 4.18. The number of hydrogen-bond donors (Lipinski definition) is 2. The molecule has 1 aliphatic heterocycles. The smallest absolute Gasteiger partial charge is 0.285 e. The maximum Gasteiger partial charge on any atom is 0.285 e. The second kappa shape index (κ2) is 12.9. The number of benzene rings is 3. The third-order valence-electron chi connectivity index (χ3n) is 5.54. The number of hydrogen-bond acceptors (Lipinski definition) is 10. The molecule has 1 fully saturated rings. The number of carbonyl (C=O) groups is 3. The first-order chi connectivity index (χ1) is 19.7. The van der Waals surface area contributed by atoms with E-state index < -0.39 is 22.6 Å². The van der Waals surface area contributed by atoms with Gasteiger partial charge in [0, 0.05) is 23.4 Å². The van der Waals surface area contributed by atoms with Crippen LogP contribution < -0.4 is 25.0 Å². The van der Waals surface area contributed by atoms with E-state index in [4.69, 9.17) is 26.4 Å². The highest BCUT2D eigenvalue weighted by atomic mass is 32.2. The Labute approximate surface area is 243 Å². The fourth-order valence-corrected chi connectivity index (χ4v) is 4.73. The Kier molecular flexibility index (Phi) is 9.16. The summed E-state index contributed by atoms with van der Waals surface area (Å²) >= 11 is 6.31. The third kappa shape index (κ3) is 7.17. The molecule has 41 heavy (non-hydrogen) atoms. The van der Waals surface area contributed by atoms with Gasteiger partial charge in [-0.2, -0.15) is 5.01 Å². The average molecular weight is 595 g/mol. The van der Waals surface area contributed by atoms with Gasteiger partial charge in [0.25, 0.3) is 23.4 Å². The number of amides is 3. The summed E-state index contributed by atoms with van der Waals surface area (Å²) in [5.74, 6) is -0.395. The van der Waals surface area contributed by atoms with E-state index in [1.165, 1.54) is 38.5 Å². The van der Waals surface area contributed by atoms with Gasteiger partial charge in [-0.25, -0.2) is 0 Å². The Balaban J connectivity index is 1.39. The monoisotopic (exact) mass is 594 g/mol. The number of nitrogens with zero attached hydrogens (tertiary/aromatic N) is 2. The summed E-state index contributed by atoms with van der Waals surface area (Å²) in [6.07, 6.45) is 1.58. The Morgan fingerprint density at radius 1 is 1.05 bits per heavy atom. The molecule has 2 N–H and O–H groups in total. The summed E-state index contributed by atoms with van der Waals surface area (Å²) in [6.45, 7) is -0.384. The van der Waals surface area contributed by atoms with Crippen molar-refractivity contribution in [2.45, 2.75) is 0 Å². The second-order valence-electron chi connectivity index (χ2n) is 8.24. The molecule has 4 rings (SSSR count). The van der Waals surface area contributed by atoms with Gasteiger partial charge >= 0.3 is 0 Å². The van der Waals surface area contributed by atoms with E-state index in [2.05, 4.69) is 10.7 Å². The van der Waals surface area contributed by atoms with E-state index in [0.717, 1.165) is 16.8 Å². The first kappa shape index (κ1) is 29.0. The van der Waals surface area contributed by atoms with E-state index in [1.807, 2.05) is 0 Å². The van der Waals surface area contributed by atoms with Crippen LogP contribution in [0.2, 0.25) is 0 Å². The molecule has 1 aliphatic rings. The summed E-state index contributed by atoms with van der Waals surface area (Å²) in [5, 5.41) is 14.5. The molecule has 0 spiro atoms. The molecule has 12 nitrogen and oxygen atoms in total. The van der Waals surface area contributed by atoms with E-state index in [9.17, 15) is 24.5 Å². The number of methoxy groups -OCH3 is 2. The van der Waals surface area contributed by atoms with Gasteiger partial charge in [0.1, 0.15) is 5.75 Å². The number of ether oxygens (including phenoxy) is 3. The lowest BCUT2D eigenvalue weighted by atomic mass is 10.2. The zero-order chi connectivity index (χ0) is 29.5. The SMILES string of the molecule is COc1ccc(C(=O)NN2C(=O)/C(=C/c3ccc(OCC(=O)Nc4cccc([N+](=O)[O-])c4)c(OC)c3)SC2=S)cc1. The molecule has 0 bridgehead atoms. The summed E-state index contributed by atoms with van der Waals surface area (Å²) in [4.78, 5) is 48.5. The largest absolute Gasteiger partial charge is 0.497 e. The molecular formula is C27H22N4O8S2. The number of thioether (sulfide) groups is 1. The minimum atomic E-state index is -0.560. The lowest BCUT2D eigenvalue weighted by Gasteiger charge is -2.15. The fourth-order valence-electron chi connectivity index (χ4n) is 3.55. The first-order valence-corrected chi connectivity index (χ1v) is 13.0. The highest BCUT2D eigenvalue weighted by Crippen LogP contribution is 2.34. The van der Waals surface area contributed by atoms with Crippen molar-refractivity contribution in [2.24, 2.45) is 0 Å². The highest BCUT2D eigenvalue weighted by Gasteiger charge is 2.34. The normalized spacial score (nSPS) is 13.6. The number of thiocarbonyl (C=S) groups is 1. The van der Waals surface area contributed by atoms with Gasteiger partial charge in [-0.15, -0.1) is 0 Å². The van der Waals surface area contributed by atoms with Gasteiger partial charge in [0.15, 0.2) is 22.4 Å². The number of hydrazine groups is 1. The predicted molar refractivity (Wildman–Crippen MR) is 156 cm³/mol. The molecule has 0 unspecified atom stereocenters. The van der Waals surface area contributed by atoms with E-state index in [1.54, 1.807) is 48.5 Å². The van der Waals surface area contributed by atoms with Crippen molar-refractivity contribution in [1.29, 1.82) is 0 Å². The van der Waals surface area contributed by atoms with Gasteiger partial charge < -0.3 is 19.5 Å². The molecule has 210 valence electrons. The molecule has 1 saturated heterocycles. The number of anilines is 1. The Morgan fingerprint density at radius 3 is 2.49 bits per heavy atom. The van der Waals surface area contributed by atoms with Crippen LogP contribution in [0.5, 0.6) is 17.2 Å². The van der Waals surface area contributed by atoms with Gasteiger partial charge in [-0.05, 0) is 66.3 Å². The molecule has 3 aromatic carbocycles. The van der Waals surface area contributed by atoms with E-state index in [0.29, 0.717) is 22.6 Å². The van der Waals surface area contributed by atoms with Gasteiger partial charge in [0.05, 0.1) is 24.0 Å². The van der Waals surface area contributed by atoms with Crippen LogP contribution >= 0.6 is 24.0 Å². The zero-order valence-electron chi connectivity index (χ0n) is 21.6. The first-order valence-electron chi connectivity index (χ1n) is 11.8. The molecule has 0 aromatic heterocycles. The number of carbonyl (C=O) groups excluding carboxylic acids is 3. The number of rotatable bonds is 10. The van der Waals surface area contributed by atoms with Gasteiger partial charge in [-0.3, -0.25) is 29.9 Å². The molecule has 1 heterocycles. The van der Waals surface area contributed by atoms with Crippen LogP contribution in [0.4, 0.5) is 11.4 Å². The zero-order valence-corrected chi connectivity index (χ0v) is 23.2. The second-order valence-corrected chi connectivity index (χ2v) is 9.92. The van der Waals surface area contributed by atoms with Crippen LogP contribution in [-0.2, 0) is 9.59 Å². The van der Waals surface area contributed by atoms with Crippen molar-refractivity contribution in [2.75, 3.05) is 26.1 Å². The number of nitrogens with one attached hydrogen (secondary N) is 2. The summed E-state index contributed by atoms with van der Waals surface area (Å²) in [7, 11) is 2.94. The van der Waals surface area contributed by atoms with Crippen LogP contribution in [0.3, 0.4) is 0 Å². The fraction of sp³-hybridized carbons (Fsp3) is 0.111. The van der Waals surface area contributed by atoms with Crippen LogP contribution in [0, 0.1) is 10.1 Å². The average Bonchev–Trinajstić information content (AvgIpc) is 3.23. The Morgan fingerprint density at radius 2 is 1.80 bits per heavy atom. The third-order valence-corrected chi connectivity index (χ3v) is 6.85. The molecule has 3 aromatic rings. The van der Waals surface area contributed by atoms with Crippen molar-refractivity contribution in [3.05, 3.63) is 92.9 Å². The Hall–Kier alpha value is -4.95. The van der Waals surface area contributed by atoms with Crippen LogP contribution in [0.1, 0.15) is 15.9 Å². The Bertz CT molecular complexity index is 1560. The molecule has 0 aliphatic carbocycles. The van der Waals surface area contributed by atoms with Gasteiger partial charge in [-0.1, -0.05) is 23.9 Å². The highest BCUT2D eigenvalue weighted by molar-refractivity contribution is 8.26. The quantitative estimate of drug-likeness (QED) is 0.152. The lowest BCUT2D eigenvalue weighted by Crippen LogP contribution is -2.44. The molecular weight excluding hydrogens is 572 g/mol. The van der Waals surface area contributed by atoms with Crippen molar-refractivity contribution in [3.8, 4) is 17.2 Å². The standard InChI is InChI=1S/C27H22N4O8S2/c1-37-20-9-7-17(8-10-20)25(33)29-30-26(34)23(41-27(30)40)13-16-6-11-21(22(12-16)38-2)39-15-24(32)28-18-4-3-5-19(14-18)31(35)36/h3-14H,15H2,1-2H3,(H,28,32)(H,29,33)/b23-13-. The van der Waals surface area contributed by atoms with Crippen molar-refractivity contribution in [1.82, 2.24) is 10.4 Å². The van der Waals surface area contributed by atoms with Crippen LogP contribution in [0.25, 0.3) is 6.08 Å². The molecule has 14 heteroatoms. The van der Waals surface area contributed by atoms with Crippen molar-refractivity contribution in [3.63, 3.8) is 0 Å². The molecule has 0 saturated carbocycles. The molecule has 0 atom stereocenters. The number of nitro groups is 1. The van der Waals surface area contributed by atoms with Crippen LogP contribution in [-0.4, -0.2) is 52.8 Å². The number of non-ortho nitro benzene ring substituents is 1. The molecule has 0 radical (unpaired) electrons. The summed E-state index contributed by atoms with van der Waals surface area (Å²) < 4.78 is 16.2. The summed E-state index contributed by atoms with van der Waals surface area (Å²) in [6, 6.07) is 16.7. The maximum atomic E-state index is 13.0. The van der Waals surface area contributed by atoms with E-state index in [-0.39, 0.29) is 33.0 Å². The molecule has 3 amide bonds. The summed E-state index contributed by atoms with van der Waals surface area (Å²) in [5.41, 5.74) is 3.52. The van der Waals surface area contributed by atoms with Crippen LogP contribution in [0.15, 0.2) is 71.6 Å². The van der Waals surface area contributed by atoms with Gasteiger partial charge in [0.2, 0.25) is 0 Å². The van der Waals surface area contributed by atoms with E-state index >= 15 is 0 Å². The maximum absolute atomic E-state index is 13.0. The minimum Gasteiger partial charge on any atom is -0.497 e. The minimum absolute atomic E-state index is 0.155. The topological polar surface area (TPSA) is 149 Å². The lowest BCUT2D eigenvalue weighted by molar-refractivity contribution is -0.384.